The Labute approximate surface area is 73.6 Å². The van der Waals surface area contributed by atoms with Crippen molar-refractivity contribution in [2.24, 2.45) is 5.73 Å². The van der Waals surface area contributed by atoms with Gasteiger partial charge in [-0.3, -0.25) is 0 Å². The second-order valence-corrected chi connectivity index (χ2v) is 2.98. The molecule has 1 rings (SSSR count). The van der Waals surface area contributed by atoms with E-state index in [0.29, 0.717) is 0 Å². The van der Waals surface area contributed by atoms with Gasteiger partial charge in [0.1, 0.15) is 0 Å². The van der Waals surface area contributed by atoms with Gasteiger partial charge in [-0.15, -0.1) is 6.42 Å². The molecule has 62 valence electrons. The minimum absolute atomic E-state index is 0.166. The molecule has 1 aromatic carbocycles. The lowest BCUT2D eigenvalue weighted by Gasteiger charge is -2.06. The summed E-state index contributed by atoms with van der Waals surface area (Å²) >= 11 is 0. The average Bonchev–Trinajstić information content (AvgIpc) is 2.04. The average molecular weight is 159 g/mol. The molecule has 0 saturated heterocycles. The lowest BCUT2D eigenvalue weighted by Crippen LogP contribution is -2.18. The maximum absolute atomic E-state index is 5.68. The first-order valence-electron chi connectivity index (χ1n) is 4.04. The quantitative estimate of drug-likeness (QED) is 0.651. The van der Waals surface area contributed by atoms with Gasteiger partial charge in [-0.1, -0.05) is 24.1 Å². The van der Waals surface area contributed by atoms with Gasteiger partial charge < -0.3 is 5.73 Å². The van der Waals surface area contributed by atoms with Gasteiger partial charge in [0.25, 0.3) is 0 Å². The van der Waals surface area contributed by atoms with Crippen LogP contribution in [0.3, 0.4) is 0 Å². The zero-order valence-corrected chi connectivity index (χ0v) is 7.25. The summed E-state index contributed by atoms with van der Waals surface area (Å²) in [5.74, 6) is 2.65. The van der Waals surface area contributed by atoms with Crippen LogP contribution < -0.4 is 5.73 Å². The highest BCUT2D eigenvalue weighted by Crippen LogP contribution is 2.08. The van der Waals surface area contributed by atoms with E-state index in [1.165, 1.54) is 0 Å². The second kappa shape index (κ2) is 3.94. The minimum Gasteiger partial charge on any atom is -0.328 e. The van der Waals surface area contributed by atoms with E-state index in [2.05, 4.69) is 5.92 Å². The molecule has 0 fully saturated rings. The van der Waals surface area contributed by atoms with E-state index in [4.69, 9.17) is 12.2 Å². The smallest absolute Gasteiger partial charge is 0.0275 e. The molecule has 1 unspecified atom stereocenters. The Morgan fingerprint density at radius 2 is 2.17 bits per heavy atom. The summed E-state index contributed by atoms with van der Waals surface area (Å²) in [6.07, 6.45) is 6.18. The molecule has 1 nitrogen and oxygen atoms in total. The molecule has 1 atom stereocenters. The van der Waals surface area contributed by atoms with Crippen molar-refractivity contribution in [3.8, 4) is 12.3 Å². The van der Waals surface area contributed by atoms with Crippen LogP contribution in [0, 0.1) is 12.3 Å². The van der Waals surface area contributed by atoms with Crippen LogP contribution in [0.1, 0.15) is 18.1 Å². The molecule has 0 aliphatic heterocycles. The standard InChI is InChI=1S/C11H13N/c1-3-10-6-4-5-7-11(10)8-9(2)12/h1,4-7,9H,8,12H2,2H3. The van der Waals surface area contributed by atoms with Gasteiger partial charge in [0, 0.05) is 11.6 Å². The van der Waals surface area contributed by atoms with Crippen LogP contribution in [0.2, 0.25) is 0 Å². The molecule has 0 saturated carbocycles. The number of benzene rings is 1. The van der Waals surface area contributed by atoms with Crippen LogP contribution in [0.4, 0.5) is 0 Å². The third-order valence-electron chi connectivity index (χ3n) is 1.71. The molecular formula is C11H13N. The summed E-state index contributed by atoms with van der Waals surface area (Å²) in [6, 6.07) is 8.06. The molecule has 0 aliphatic rings. The van der Waals surface area contributed by atoms with Crippen LogP contribution in [-0.2, 0) is 6.42 Å². The Morgan fingerprint density at radius 1 is 1.50 bits per heavy atom. The zero-order chi connectivity index (χ0) is 8.97. The molecule has 0 amide bonds. The van der Waals surface area contributed by atoms with Crippen molar-refractivity contribution < 1.29 is 0 Å². The van der Waals surface area contributed by atoms with Crippen LogP contribution in [0.25, 0.3) is 0 Å². The van der Waals surface area contributed by atoms with E-state index in [0.717, 1.165) is 17.5 Å². The summed E-state index contributed by atoms with van der Waals surface area (Å²) in [6.45, 7) is 1.98. The number of hydrogen-bond acceptors (Lipinski definition) is 1. The highest BCUT2D eigenvalue weighted by molar-refractivity contribution is 5.39. The molecule has 0 aliphatic carbocycles. The molecule has 12 heavy (non-hydrogen) atoms. The maximum Gasteiger partial charge on any atom is 0.0275 e. The van der Waals surface area contributed by atoms with Crippen LogP contribution in [-0.4, -0.2) is 6.04 Å². The maximum atomic E-state index is 5.68. The van der Waals surface area contributed by atoms with Gasteiger partial charge in [0.15, 0.2) is 0 Å². The normalized spacial score (nSPS) is 12.1. The van der Waals surface area contributed by atoms with Crippen LogP contribution >= 0.6 is 0 Å². The highest BCUT2D eigenvalue weighted by Gasteiger charge is 2.00. The molecular weight excluding hydrogens is 146 g/mol. The fourth-order valence-electron chi connectivity index (χ4n) is 1.19. The van der Waals surface area contributed by atoms with E-state index in [9.17, 15) is 0 Å². The van der Waals surface area contributed by atoms with Crippen molar-refractivity contribution in [2.75, 3.05) is 0 Å². The minimum atomic E-state index is 0.166. The Hall–Kier alpha value is -1.26. The first kappa shape index (κ1) is 8.83. The van der Waals surface area contributed by atoms with Gasteiger partial charge in [0.05, 0.1) is 0 Å². The zero-order valence-electron chi connectivity index (χ0n) is 7.25. The Balaban J connectivity index is 2.91. The molecule has 0 aromatic heterocycles. The topological polar surface area (TPSA) is 26.0 Å². The summed E-state index contributed by atoms with van der Waals surface area (Å²) in [4.78, 5) is 0. The van der Waals surface area contributed by atoms with Crippen molar-refractivity contribution in [1.82, 2.24) is 0 Å². The van der Waals surface area contributed by atoms with E-state index in [1.54, 1.807) is 0 Å². The third-order valence-corrected chi connectivity index (χ3v) is 1.71. The predicted octanol–water partition coefficient (Wildman–Crippen LogP) is 1.56. The van der Waals surface area contributed by atoms with Crippen molar-refractivity contribution in [3.63, 3.8) is 0 Å². The lowest BCUT2D eigenvalue weighted by atomic mass is 10.0. The van der Waals surface area contributed by atoms with E-state index in [-0.39, 0.29) is 6.04 Å². The first-order valence-corrected chi connectivity index (χ1v) is 4.04. The number of hydrogen-bond donors (Lipinski definition) is 1. The summed E-state index contributed by atoms with van der Waals surface area (Å²) in [5.41, 5.74) is 7.79. The number of rotatable bonds is 2. The molecule has 1 heteroatoms. The largest absolute Gasteiger partial charge is 0.328 e. The first-order chi connectivity index (χ1) is 5.74. The van der Waals surface area contributed by atoms with Crippen molar-refractivity contribution in [1.29, 1.82) is 0 Å². The van der Waals surface area contributed by atoms with Gasteiger partial charge in [-0.2, -0.15) is 0 Å². The molecule has 2 N–H and O–H groups in total. The van der Waals surface area contributed by atoms with E-state index >= 15 is 0 Å². The monoisotopic (exact) mass is 159 g/mol. The Bertz CT molecular complexity index is 294. The fourth-order valence-corrected chi connectivity index (χ4v) is 1.19. The fraction of sp³-hybridized carbons (Fsp3) is 0.273. The number of terminal acetylenes is 1. The van der Waals surface area contributed by atoms with Gasteiger partial charge >= 0.3 is 0 Å². The van der Waals surface area contributed by atoms with Crippen molar-refractivity contribution >= 4 is 0 Å². The third kappa shape index (κ3) is 2.11. The number of nitrogens with two attached hydrogens (primary N) is 1. The van der Waals surface area contributed by atoms with Gasteiger partial charge in [0.2, 0.25) is 0 Å². The summed E-state index contributed by atoms with van der Waals surface area (Å²) in [7, 11) is 0. The molecule has 0 heterocycles. The Kier molecular flexibility index (Phi) is 2.90. The van der Waals surface area contributed by atoms with Crippen molar-refractivity contribution in [3.05, 3.63) is 35.4 Å². The summed E-state index contributed by atoms with van der Waals surface area (Å²) in [5, 5.41) is 0. The lowest BCUT2D eigenvalue weighted by molar-refractivity contribution is 0.737. The van der Waals surface area contributed by atoms with E-state index in [1.807, 2.05) is 31.2 Å². The summed E-state index contributed by atoms with van der Waals surface area (Å²) < 4.78 is 0. The van der Waals surface area contributed by atoms with Crippen LogP contribution in [0.15, 0.2) is 24.3 Å². The molecule has 1 aromatic rings. The van der Waals surface area contributed by atoms with Gasteiger partial charge in [-0.05, 0) is 25.0 Å². The molecule has 0 bridgehead atoms. The highest BCUT2D eigenvalue weighted by atomic mass is 14.6. The molecule has 0 spiro atoms. The second-order valence-electron chi connectivity index (χ2n) is 2.98. The van der Waals surface area contributed by atoms with Crippen molar-refractivity contribution in [2.45, 2.75) is 19.4 Å². The predicted molar refractivity (Wildman–Crippen MR) is 51.7 cm³/mol. The SMILES string of the molecule is C#Cc1ccccc1CC(C)N. The van der Waals surface area contributed by atoms with Crippen LogP contribution in [0.5, 0.6) is 0 Å². The van der Waals surface area contributed by atoms with E-state index < -0.39 is 0 Å². The van der Waals surface area contributed by atoms with Gasteiger partial charge in [-0.25, -0.2) is 0 Å². The molecule has 0 radical (unpaired) electrons. The Morgan fingerprint density at radius 3 is 2.75 bits per heavy atom.